The normalized spacial score (nSPS) is 22.9. The maximum Gasteiger partial charge on any atom is 0.0595 e. The summed E-state index contributed by atoms with van der Waals surface area (Å²) in [5.74, 6) is 0. The molecule has 0 fully saturated rings. The van der Waals surface area contributed by atoms with Crippen molar-refractivity contribution in [3.8, 4) is 0 Å². The Kier molecular flexibility index (Phi) is 3.33. The molecule has 0 amide bonds. The number of nitrogens with zero attached hydrogens (tertiary/aromatic N) is 1. The van der Waals surface area contributed by atoms with E-state index in [2.05, 4.69) is 4.99 Å². The van der Waals surface area contributed by atoms with Gasteiger partial charge in [0, 0.05) is 19.0 Å². The minimum atomic E-state index is -0.344. The Morgan fingerprint density at radius 3 is 2.62 bits per heavy atom. The Bertz CT molecular complexity index is 442. The summed E-state index contributed by atoms with van der Waals surface area (Å²) < 4.78 is 0. The van der Waals surface area contributed by atoms with Crippen molar-refractivity contribution in [2.24, 2.45) is 4.99 Å². The van der Waals surface area contributed by atoms with Gasteiger partial charge >= 0.3 is 0 Å². The smallest absolute Gasteiger partial charge is 0.0595 e. The highest BCUT2D eigenvalue weighted by molar-refractivity contribution is 6.42. The number of aliphatic hydroxyl groups excluding tert-OH is 1. The summed E-state index contributed by atoms with van der Waals surface area (Å²) in [6.45, 7) is 0.0939. The molecule has 0 aromatic heterocycles. The molecule has 16 heavy (non-hydrogen) atoms. The van der Waals surface area contributed by atoms with Gasteiger partial charge in [0.05, 0.1) is 15.5 Å². The summed E-state index contributed by atoms with van der Waals surface area (Å²) in [6, 6.07) is 5.49. The van der Waals surface area contributed by atoms with Crippen LogP contribution in [0.2, 0.25) is 10.0 Å². The van der Waals surface area contributed by atoms with Crippen molar-refractivity contribution in [2.45, 2.75) is 11.8 Å². The van der Waals surface area contributed by atoms with Gasteiger partial charge in [-0.2, -0.15) is 0 Å². The Morgan fingerprint density at radius 1 is 1.25 bits per heavy atom. The minimum Gasteiger partial charge on any atom is -0.396 e. The second kappa shape index (κ2) is 4.58. The second-order valence-corrected chi connectivity index (χ2v) is 4.55. The molecule has 1 N–H and O–H groups in total. The standard InChI is InChI=1S/C12H11Cl2NO/c13-10-2-1-9(7-11(10)14)12(4-6-16)3-5-15-8-12/h1-3,5,7-8,16H,4,6H2/t12-/m0/s1. The number of aliphatic hydroxyl groups is 1. The lowest BCUT2D eigenvalue weighted by molar-refractivity contribution is 0.275. The maximum atomic E-state index is 9.12. The monoisotopic (exact) mass is 255 g/mol. The van der Waals surface area contributed by atoms with Crippen LogP contribution < -0.4 is 0 Å². The molecule has 0 spiro atoms. The van der Waals surface area contributed by atoms with E-state index in [1.54, 1.807) is 12.3 Å². The fourth-order valence-electron chi connectivity index (χ4n) is 1.83. The Balaban J connectivity index is 2.44. The van der Waals surface area contributed by atoms with Gasteiger partial charge in [0.1, 0.15) is 0 Å². The van der Waals surface area contributed by atoms with Gasteiger partial charge in [-0.05, 0) is 24.1 Å². The van der Waals surface area contributed by atoms with Crippen molar-refractivity contribution in [3.63, 3.8) is 0 Å². The summed E-state index contributed by atoms with van der Waals surface area (Å²) in [5.41, 5.74) is 0.650. The quantitative estimate of drug-likeness (QED) is 0.884. The highest BCUT2D eigenvalue weighted by Gasteiger charge is 2.29. The molecule has 1 aliphatic heterocycles. The van der Waals surface area contributed by atoms with E-state index in [0.717, 1.165) is 5.56 Å². The molecule has 84 valence electrons. The molecule has 0 aliphatic carbocycles. The van der Waals surface area contributed by atoms with Crippen LogP contribution in [0.1, 0.15) is 12.0 Å². The van der Waals surface area contributed by atoms with E-state index < -0.39 is 0 Å². The van der Waals surface area contributed by atoms with Gasteiger partial charge < -0.3 is 5.11 Å². The first-order valence-corrected chi connectivity index (χ1v) is 5.72. The van der Waals surface area contributed by atoms with E-state index in [0.29, 0.717) is 16.5 Å². The molecule has 2 rings (SSSR count). The van der Waals surface area contributed by atoms with Gasteiger partial charge in [0.15, 0.2) is 0 Å². The van der Waals surface area contributed by atoms with Crippen molar-refractivity contribution >= 4 is 29.4 Å². The minimum absolute atomic E-state index is 0.0939. The van der Waals surface area contributed by atoms with Crippen LogP contribution in [0.3, 0.4) is 0 Å². The van der Waals surface area contributed by atoms with Crippen molar-refractivity contribution in [3.05, 3.63) is 46.1 Å². The van der Waals surface area contributed by atoms with Gasteiger partial charge in [-0.1, -0.05) is 35.3 Å². The molecule has 0 unspecified atom stereocenters. The van der Waals surface area contributed by atoms with E-state index in [1.165, 1.54) is 0 Å². The Morgan fingerprint density at radius 2 is 2.06 bits per heavy atom. The number of aliphatic imine (C=N–C) groups is 1. The Labute approximate surface area is 104 Å². The number of benzene rings is 1. The van der Waals surface area contributed by atoms with Crippen LogP contribution in [0, 0.1) is 0 Å². The molecule has 2 nitrogen and oxygen atoms in total. The van der Waals surface area contributed by atoms with Crippen molar-refractivity contribution in [2.75, 3.05) is 6.61 Å². The number of halogens is 2. The van der Waals surface area contributed by atoms with Crippen LogP contribution in [-0.2, 0) is 5.41 Å². The topological polar surface area (TPSA) is 32.6 Å². The highest BCUT2D eigenvalue weighted by atomic mass is 35.5. The van der Waals surface area contributed by atoms with E-state index in [9.17, 15) is 0 Å². The van der Waals surface area contributed by atoms with Crippen LogP contribution in [0.25, 0.3) is 0 Å². The lowest BCUT2D eigenvalue weighted by Gasteiger charge is -2.24. The van der Waals surface area contributed by atoms with Crippen LogP contribution in [-0.4, -0.2) is 17.9 Å². The lowest BCUT2D eigenvalue weighted by Crippen LogP contribution is -2.25. The van der Waals surface area contributed by atoms with Gasteiger partial charge in [-0.15, -0.1) is 0 Å². The van der Waals surface area contributed by atoms with Crippen LogP contribution in [0.5, 0.6) is 0 Å². The maximum absolute atomic E-state index is 9.12. The molecule has 0 saturated carbocycles. The summed E-state index contributed by atoms with van der Waals surface area (Å²) in [6.07, 6.45) is 6.11. The summed E-state index contributed by atoms with van der Waals surface area (Å²) in [4.78, 5) is 4.09. The van der Waals surface area contributed by atoms with E-state index in [-0.39, 0.29) is 12.0 Å². The number of allylic oxidation sites excluding steroid dienone is 1. The van der Waals surface area contributed by atoms with Gasteiger partial charge in [0.2, 0.25) is 0 Å². The molecular formula is C12H11Cl2NO. The zero-order chi connectivity index (χ0) is 11.6. The molecule has 0 radical (unpaired) electrons. The van der Waals surface area contributed by atoms with Crippen molar-refractivity contribution < 1.29 is 5.11 Å². The molecule has 1 heterocycles. The van der Waals surface area contributed by atoms with Crippen LogP contribution in [0.4, 0.5) is 0 Å². The summed E-state index contributed by atoms with van der Waals surface area (Å²) in [5, 5.41) is 10.2. The first kappa shape index (κ1) is 11.6. The molecule has 1 atom stereocenters. The van der Waals surface area contributed by atoms with E-state index in [1.807, 2.05) is 24.4 Å². The molecule has 1 aliphatic rings. The zero-order valence-corrected chi connectivity index (χ0v) is 10.0. The van der Waals surface area contributed by atoms with Gasteiger partial charge in [-0.3, -0.25) is 4.99 Å². The number of hydrogen-bond donors (Lipinski definition) is 1. The first-order valence-electron chi connectivity index (χ1n) is 4.96. The molecule has 1 aromatic carbocycles. The van der Waals surface area contributed by atoms with Crippen LogP contribution >= 0.6 is 23.2 Å². The molecule has 0 saturated heterocycles. The predicted octanol–water partition coefficient (Wildman–Crippen LogP) is 3.21. The summed E-state index contributed by atoms with van der Waals surface area (Å²) >= 11 is 11.9. The fraction of sp³-hybridized carbons (Fsp3) is 0.250. The van der Waals surface area contributed by atoms with Crippen molar-refractivity contribution in [1.82, 2.24) is 0 Å². The van der Waals surface area contributed by atoms with E-state index in [4.69, 9.17) is 28.3 Å². The molecular weight excluding hydrogens is 245 g/mol. The zero-order valence-electron chi connectivity index (χ0n) is 8.53. The lowest BCUT2D eigenvalue weighted by atomic mass is 9.80. The van der Waals surface area contributed by atoms with Crippen LogP contribution in [0.15, 0.2) is 35.5 Å². The largest absolute Gasteiger partial charge is 0.396 e. The predicted molar refractivity (Wildman–Crippen MR) is 67.5 cm³/mol. The molecule has 4 heteroatoms. The Hall–Kier alpha value is -0.830. The third-order valence-electron chi connectivity index (χ3n) is 2.75. The first-order chi connectivity index (χ1) is 7.68. The van der Waals surface area contributed by atoms with Gasteiger partial charge in [-0.25, -0.2) is 0 Å². The highest BCUT2D eigenvalue weighted by Crippen LogP contribution is 2.34. The number of hydrogen-bond acceptors (Lipinski definition) is 2. The van der Waals surface area contributed by atoms with Gasteiger partial charge in [0.25, 0.3) is 0 Å². The molecule has 0 bridgehead atoms. The SMILES string of the molecule is OCC[C@@]1(c2ccc(Cl)c(Cl)c2)C=CN=C1. The summed E-state index contributed by atoms with van der Waals surface area (Å²) in [7, 11) is 0. The van der Waals surface area contributed by atoms with E-state index >= 15 is 0 Å². The van der Waals surface area contributed by atoms with Crippen molar-refractivity contribution in [1.29, 1.82) is 0 Å². The average Bonchev–Trinajstić information content (AvgIpc) is 2.72. The third-order valence-corrected chi connectivity index (χ3v) is 3.48. The third kappa shape index (κ3) is 2.01. The average molecular weight is 256 g/mol. The molecule has 1 aromatic rings. The second-order valence-electron chi connectivity index (χ2n) is 3.74. The fourth-order valence-corrected chi connectivity index (χ4v) is 2.13. The number of rotatable bonds is 3.